The molecule has 1 fully saturated rings. The Morgan fingerprint density at radius 3 is 2.58 bits per heavy atom. The van der Waals surface area contributed by atoms with Gasteiger partial charge < -0.3 is 15.0 Å². The van der Waals surface area contributed by atoms with E-state index < -0.39 is 0 Å². The molecule has 19 heavy (non-hydrogen) atoms. The van der Waals surface area contributed by atoms with Gasteiger partial charge in [0.2, 0.25) is 0 Å². The molecule has 5 nitrogen and oxygen atoms in total. The molecule has 0 saturated carbocycles. The smallest absolute Gasteiger partial charge is 0.410 e. The van der Waals surface area contributed by atoms with Crippen LogP contribution in [0.25, 0.3) is 0 Å². The summed E-state index contributed by atoms with van der Waals surface area (Å²) in [6.45, 7) is 5.80. The molecular formula is C14H21N3O2. The number of nitrogens with one attached hydrogen (secondary N) is 1. The first kappa shape index (κ1) is 13.8. The van der Waals surface area contributed by atoms with Crippen molar-refractivity contribution in [2.75, 3.05) is 46.3 Å². The number of hydrogen-bond donors (Lipinski definition) is 1. The van der Waals surface area contributed by atoms with Crippen LogP contribution in [0.3, 0.4) is 0 Å². The van der Waals surface area contributed by atoms with Crippen molar-refractivity contribution in [3.05, 3.63) is 30.3 Å². The number of para-hydroxylation sites is 1. The van der Waals surface area contributed by atoms with Crippen molar-refractivity contribution in [2.45, 2.75) is 0 Å². The minimum Gasteiger partial charge on any atom is -0.410 e. The van der Waals surface area contributed by atoms with Crippen LogP contribution in [0.2, 0.25) is 0 Å². The van der Waals surface area contributed by atoms with Gasteiger partial charge in [-0.1, -0.05) is 18.2 Å². The van der Waals surface area contributed by atoms with Crippen molar-refractivity contribution in [1.29, 1.82) is 0 Å². The Kier molecular flexibility index (Phi) is 5.18. The average molecular weight is 263 g/mol. The lowest BCUT2D eigenvalue weighted by molar-refractivity contribution is 0.152. The molecule has 1 heterocycles. The number of hydrogen-bond acceptors (Lipinski definition) is 4. The third-order valence-electron chi connectivity index (χ3n) is 3.25. The number of rotatable bonds is 4. The monoisotopic (exact) mass is 263 g/mol. The van der Waals surface area contributed by atoms with E-state index in [1.807, 2.05) is 18.2 Å². The molecule has 1 aromatic rings. The highest BCUT2D eigenvalue weighted by Gasteiger charge is 2.13. The molecule has 0 radical (unpaired) electrons. The van der Waals surface area contributed by atoms with Crippen molar-refractivity contribution in [1.82, 2.24) is 15.1 Å². The molecule has 1 aromatic carbocycles. The number of carbonyl (C=O) groups is 1. The predicted molar refractivity (Wildman–Crippen MR) is 74.4 cm³/mol. The molecule has 0 bridgehead atoms. The van der Waals surface area contributed by atoms with Gasteiger partial charge in [-0.05, 0) is 19.2 Å². The Labute approximate surface area is 114 Å². The molecule has 0 aliphatic carbocycles. The van der Waals surface area contributed by atoms with Gasteiger partial charge in [0.25, 0.3) is 0 Å². The van der Waals surface area contributed by atoms with Crippen molar-refractivity contribution in [3.8, 4) is 5.75 Å². The van der Waals surface area contributed by atoms with Crippen molar-refractivity contribution in [3.63, 3.8) is 0 Å². The maximum absolute atomic E-state index is 11.5. The maximum atomic E-state index is 11.5. The number of carbonyl (C=O) groups excluding carboxylic acids is 1. The fourth-order valence-electron chi connectivity index (χ4n) is 2.02. The highest BCUT2D eigenvalue weighted by Crippen LogP contribution is 2.07. The Morgan fingerprint density at radius 2 is 1.89 bits per heavy atom. The molecule has 104 valence electrons. The third-order valence-corrected chi connectivity index (χ3v) is 3.25. The second kappa shape index (κ2) is 7.11. The molecule has 1 aliphatic rings. The Morgan fingerprint density at radius 1 is 1.21 bits per heavy atom. The van der Waals surface area contributed by atoms with Crippen LogP contribution in [0, 0.1) is 0 Å². The van der Waals surface area contributed by atoms with E-state index in [9.17, 15) is 4.79 Å². The van der Waals surface area contributed by atoms with Gasteiger partial charge >= 0.3 is 6.09 Å². The summed E-state index contributed by atoms with van der Waals surface area (Å²) in [6.07, 6.45) is -0.389. The number of benzene rings is 1. The van der Waals surface area contributed by atoms with E-state index >= 15 is 0 Å². The molecule has 1 N–H and O–H groups in total. The van der Waals surface area contributed by atoms with E-state index in [4.69, 9.17) is 4.74 Å². The van der Waals surface area contributed by atoms with Crippen LogP contribution in [-0.4, -0.2) is 62.2 Å². The fourth-order valence-corrected chi connectivity index (χ4v) is 2.02. The van der Waals surface area contributed by atoms with Crippen LogP contribution in [0.5, 0.6) is 5.75 Å². The zero-order chi connectivity index (χ0) is 13.5. The molecule has 0 aromatic heterocycles. The van der Waals surface area contributed by atoms with Crippen LogP contribution in [0.4, 0.5) is 4.79 Å². The molecule has 0 spiro atoms. The standard InChI is InChI=1S/C14H21N3O2/c1-16-9-11-17(12-10-16)8-7-15-14(18)19-13-5-3-2-4-6-13/h2-6H,7-12H2,1H3,(H,15,18). The second-order valence-corrected chi connectivity index (χ2v) is 4.77. The first-order chi connectivity index (χ1) is 9.24. The maximum Gasteiger partial charge on any atom is 0.412 e. The minimum atomic E-state index is -0.389. The van der Waals surface area contributed by atoms with E-state index in [1.165, 1.54) is 0 Å². The van der Waals surface area contributed by atoms with Gasteiger partial charge in [-0.25, -0.2) is 4.79 Å². The predicted octanol–water partition coefficient (Wildman–Crippen LogP) is 1.02. The molecule has 5 heteroatoms. The van der Waals surface area contributed by atoms with E-state index in [-0.39, 0.29) is 6.09 Å². The lowest BCUT2D eigenvalue weighted by Gasteiger charge is -2.32. The van der Waals surface area contributed by atoms with E-state index in [1.54, 1.807) is 12.1 Å². The summed E-state index contributed by atoms with van der Waals surface area (Å²) in [5.41, 5.74) is 0. The second-order valence-electron chi connectivity index (χ2n) is 4.77. The lowest BCUT2D eigenvalue weighted by atomic mass is 10.3. The number of likely N-dealkylation sites (N-methyl/N-ethyl adjacent to an activating group) is 1. The molecule has 1 amide bonds. The van der Waals surface area contributed by atoms with Crippen molar-refractivity contribution < 1.29 is 9.53 Å². The quantitative estimate of drug-likeness (QED) is 0.881. The average Bonchev–Trinajstić information content (AvgIpc) is 2.42. The van der Waals surface area contributed by atoms with Gasteiger partial charge in [0.1, 0.15) is 5.75 Å². The van der Waals surface area contributed by atoms with E-state index in [0.717, 1.165) is 32.7 Å². The highest BCUT2D eigenvalue weighted by molar-refractivity contribution is 5.70. The van der Waals surface area contributed by atoms with E-state index in [2.05, 4.69) is 22.2 Å². The van der Waals surface area contributed by atoms with Crippen LogP contribution < -0.4 is 10.1 Å². The zero-order valence-corrected chi connectivity index (χ0v) is 11.3. The van der Waals surface area contributed by atoms with Gasteiger partial charge in [-0.3, -0.25) is 4.90 Å². The third kappa shape index (κ3) is 4.89. The molecule has 1 aliphatic heterocycles. The summed E-state index contributed by atoms with van der Waals surface area (Å²) in [5.74, 6) is 0.569. The summed E-state index contributed by atoms with van der Waals surface area (Å²) in [4.78, 5) is 16.2. The first-order valence-electron chi connectivity index (χ1n) is 6.65. The summed E-state index contributed by atoms with van der Waals surface area (Å²) in [7, 11) is 2.13. The Bertz CT molecular complexity index is 389. The Hall–Kier alpha value is -1.59. The molecule has 2 rings (SSSR count). The highest BCUT2D eigenvalue weighted by atomic mass is 16.6. The zero-order valence-electron chi connectivity index (χ0n) is 11.3. The summed E-state index contributed by atoms with van der Waals surface area (Å²) < 4.78 is 5.14. The fraction of sp³-hybridized carbons (Fsp3) is 0.500. The number of piperazine rings is 1. The SMILES string of the molecule is CN1CCN(CCNC(=O)Oc2ccccc2)CC1. The van der Waals surface area contributed by atoms with Crippen LogP contribution in [0.15, 0.2) is 30.3 Å². The molecule has 0 atom stereocenters. The number of ether oxygens (including phenoxy) is 1. The minimum absolute atomic E-state index is 0.389. The summed E-state index contributed by atoms with van der Waals surface area (Å²) in [5, 5.41) is 2.77. The normalized spacial score (nSPS) is 17.1. The van der Waals surface area contributed by atoms with E-state index in [0.29, 0.717) is 12.3 Å². The van der Waals surface area contributed by atoms with Crippen LogP contribution in [-0.2, 0) is 0 Å². The van der Waals surface area contributed by atoms with Gasteiger partial charge in [0.05, 0.1) is 0 Å². The first-order valence-corrected chi connectivity index (χ1v) is 6.65. The summed E-state index contributed by atoms with van der Waals surface area (Å²) in [6, 6.07) is 9.10. The van der Waals surface area contributed by atoms with Gasteiger partial charge in [-0.15, -0.1) is 0 Å². The number of amides is 1. The molecular weight excluding hydrogens is 242 g/mol. The topological polar surface area (TPSA) is 44.8 Å². The summed E-state index contributed by atoms with van der Waals surface area (Å²) >= 11 is 0. The lowest BCUT2D eigenvalue weighted by Crippen LogP contribution is -2.47. The molecule has 1 saturated heterocycles. The largest absolute Gasteiger partial charge is 0.412 e. The van der Waals surface area contributed by atoms with Crippen LogP contribution >= 0.6 is 0 Å². The van der Waals surface area contributed by atoms with Gasteiger partial charge in [0, 0.05) is 39.3 Å². The molecule has 0 unspecified atom stereocenters. The Balaban J connectivity index is 1.62. The van der Waals surface area contributed by atoms with Gasteiger partial charge in [-0.2, -0.15) is 0 Å². The number of nitrogens with zero attached hydrogens (tertiary/aromatic N) is 2. The van der Waals surface area contributed by atoms with Crippen molar-refractivity contribution in [2.24, 2.45) is 0 Å². The van der Waals surface area contributed by atoms with Crippen molar-refractivity contribution >= 4 is 6.09 Å². The van der Waals surface area contributed by atoms with Gasteiger partial charge in [0.15, 0.2) is 0 Å². The van der Waals surface area contributed by atoms with Crippen LogP contribution in [0.1, 0.15) is 0 Å².